The monoisotopic (exact) mass is 792 g/mol. The number of benzene rings is 9. The van der Waals surface area contributed by atoms with Crippen LogP contribution in [0, 0.1) is 0 Å². The van der Waals surface area contributed by atoms with Crippen LogP contribution in [0.3, 0.4) is 0 Å². The van der Waals surface area contributed by atoms with Gasteiger partial charge in [-0.15, -0.1) is 0 Å². The molecule has 0 aliphatic rings. The Kier molecular flexibility index (Phi) is 9.41. The highest BCUT2D eigenvalue weighted by Crippen LogP contribution is 2.40. The minimum absolute atomic E-state index is 0.588. The third kappa shape index (κ3) is 7.06. The van der Waals surface area contributed by atoms with Gasteiger partial charge in [-0.3, -0.25) is 0 Å². The Balaban J connectivity index is 1.09. The van der Waals surface area contributed by atoms with Gasteiger partial charge in [0.15, 0.2) is 34.9 Å². The number of nitrogens with zero attached hydrogens (tertiary/aromatic N) is 6. The second-order valence-electron chi connectivity index (χ2n) is 15.1. The van der Waals surface area contributed by atoms with Gasteiger partial charge < -0.3 is 0 Å². The summed E-state index contributed by atoms with van der Waals surface area (Å²) < 4.78 is 0. The molecule has 0 N–H and O–H groups in total. The molecule has 0 unspecified atom stereocenters. The summed E-state index contributed by atoms with van der Waals surface area (Å²) in [4.78, 5) is 30.7. The quantitative estimate of drug-likeness (QED) is 0.152. The third-order valence-electron chi connectivity index (χ3n) is 11.2. The van der Waals surface area contributed by atoms with Gasteiger partial charge in [0.1, 0.15) is 0 Å². The van der Waals surface area contributed by atoms with E-state index in [1.165, 1.54) is 0 Å². The van der Waals surface area contributed by atoms with E-state index in [0.29, 0.717) is 34.9 Å². The largest absolute Gasteiger partial charge is 0.208 e. The van der Waals surface area contributed by atoms with Crippen LogP contribution in [-0.4, -0.2) is 29.9 Å². The van der Waals surface area contributed by atoms with Crippen molar-refractivity contribution in [2.75, 3.05) is 0 Å². The van der Waals surface area contributed by atoms with Gasteiger partial charge in [-0.05, 0) is 56.4 Å². The smallest absolute Gasteiger partial charge is 0.164 e. The van der Waals surface area contributed by atoms with Crippen LogP contribution in [0.5, 0.6) is 0 Å². The fraction of sp³-hybridized carbons (Fsp3) is 0. The maximum Gasteiger partial charge on any atom is 0.164 e. The summed E-state index contributed by atoms with van der Waals surface area (Å²) in [6.07, 6.45) is 0. The van der Waals surface area contributed by atoms with Crippen molar-refractivity contribution >= 4 is 21.5 Å². The lowest BCUT2D eigenvalue weighted by atomic mass is 9.92. The molecule has 9 aromatic carbocycles. The number of hydrogen-bond donors (Lipinski definition) is 0. The third-order valence-corrected chi connectivity index (χ3v) is 11.2. The summed E-state index contributed by atoms with van der Waals surface area (Å²) in [6.45, 7) is 0. The zero-order chi connectivity index (χ0) is 41.2. The van der Waals surface area contributed by atoms with Gasteiger partial charge in [-0.25, -0.2) is 29.9 Å². The van der Waals surface area contributed by atoms with Gasteiger partial charge in [-0.1, -0.05) is 200 Å². The molecule has 0 amide bonds. The summed E-state index contributed by atoms with van der Waals surface area (Å²) in [5.41, 5.74) is 9.76. The van der Waals surface area contributed by atoms with Gasteiger partial charge in [0.05, 0.1) is 0 Å². The Hall–Kier alpha value is -8.48. The van der Waals surface area contributed by atoms with E-state index in [0.717, 1.165) is 77.2 Å². The second kappa shape index (κ2) is 15.9. The summed E-state index contributed by atoms with van der Waals surface area (Å²) in [5, 5.41) is 4.40. The minimum atomic E-state index is 0.588. The molecule has 0 spiro atoms. The SMILES string of the molecule is c1ccc(-c2cc(-c3nc(-c4ccccc4)nc(-c4ccc5ccccc5c4-c4ccc(-c5nc(-c6ccccc6)nc(-c6ccccc6)n5)cc4)n3)c3ccccc3c2)cc1. The highest BCUT2D eigenvalue weighted by atomic mass is 15.0. The fourth-order valence-corrected chi connectivity index (χ4v) is 8.12. The van der Waals surface area contributed by atoms with E-state index < -0.39 is 0 Å². The lowest BCUT2D eigenvalue weighted by Gasteiger charge is -2.16. The van der Waals surface area contributed by atoms with Crippen LogP contribution >= 0.6 is 0 Å². The molecule has 0 saturated carbocycles. The van der Waals surface area contributed by atoms with Gasteiger partial charge in [0.2, 0.25) is 0 Å². The first-order chi connectivity index (χ1) is 30.7. The maximum atomic E-state index is 5.37. The van der Waals surface area contributed by atoms with Crippen molar-refractivity contribution in [3.05, 3.63) is 218 Å². The highest BCUT2D eigenvalue weighted by Gasteiger charge is 2.20. The van der Waals surface area contributed by atoms with Gasteiger partial charge in [0, 0.05) is 38.9 Å². The van der Waals surface area contributed by atoms with Crippen LogP contribution in [0.1, 0.15) is 0 Å². The van der Waals surface area contributed by atoms with Crippen LogP contribution in [0.2, 0.25) is 0 Å². The zero-order valence-corrected chi connectivity index (χ0v) is 33.5. The van der Waals surface area contributed by atoms with Crippen LogP contribution in [0.15, 0.2) is 218 Å². The molecule has 0 atom stereocenters. The molecule has 0 fully saturated rings. The van der Waals surface area contributed by atoms with Crippen molar-refractivity contribution in [3.63, 3.8) is 0 Å². The molecule has 0 aliphatic carbocycles. The number of aromatic nitrogens is 6. The lowest BCUT2D eigenvalue weighted by Crippen LogP contribution is -2.02. The van der Waals surface area contributed by atoms with Crippen molar-refractivity contribution in [2.45, 2.75) is 0 Å². The van der Waals surface area contributed by atoms with Crippen molar-refractivity contribution in [3.8, 4) is 90.6 Å². The van der Waals surface area contributed by atoms with E-state index in [4.69, 9.17) is 29.9 Å². The molecule has 0 bridgehead atoms. The first-order valence-corrected chi connectivity index (χ1v) is 20.6. The van der Waals surface area contributed by atoms with Crippen LogP contribution < -0.4 is 0 Å². The van der Waals surface area contributed by atoms with Crippen molar-refractivity contribution in [1.29, 1.82) is 0 Å². The average Bonchev–Trinajstić information content (AvgIpc) is 3.36. The second-order valence-corrected chi connectivity index (χ2v) is 15.1. The average molecular weight is 793 g/mol. The molecule has 6 nitrogen and oxygen atoms in total. The molecule has 62 heavy (non-hydrogen) atoms. The summed E-state index contributed by atoms with van der Waals surface area (Å²) in [5.74, 6) is 3.64. The van der Waals surface area contributed by atoms with E-state index in [1.807, 2.05) is 84.9 Å². The predicted molar refractivity (Wildman–Crippen MR) is 252 cm³/mol. The molecule has 0 saturated heterocycles. The Morgan fingerprint density at radius 3 is 1.15 bits per heavy atom. The van der Waals surface area contributed by atoms with E-state index in [1.54, 1.807) is 0 Å². The minimum Gasteiger partial charge on any atom is -0.208 e. The Labute approximate surface area is 359 Å². The number of hydrogen-bond acceptors (Lipinski definition) is 6. The maximum absolute atomic E-state index is 5.37. The van der Waals surface area contributed by atoms with Gasteiger partial charge in [0.25, 0.3) is 0 Å². The Morgan fingerprint density at radius 1 is 0.210 bits per heavy atom. The first-order valence-electron chi connectivity index (χ1n) is 20.6. The molecule has 290 valence electrons. The molecule has 11 rings (SSSR count). The van der Waals surface area contributed by atoms with Crippen molar-refractivity contribution in [1.82, 2.24) is 29.9 Å². The van der Waals surface area contributed by atoms with E-state index in [2.05, 4.69) is 133 Å². The summed E-state index contributed by atoms with van der Waals surface area (Å²) in [7, 11) is 0. The van der Waals surface area contributed by atoms with Crippen molar-refractivity contribution < 1.29 is 0 Å². The standard InChI is InChI=1S/C56H36N6/c1-5-17-37(18-6-1)45-35-44-26-14-15-27-46(44)49(36-45)56-61-53(42-24-11-4-12-25-42)60-55(62-56)48-34-33-38-19-13-16-28-47(38)50(48)39-29-31-43(32-30-39)54-58-51(40-20-7-2-8-21-40)57-52(59-54)41-22-9-3-10-23-41/h1-36H. The number of rotatable bonds is 8. The molecular weight excluding hydrogens is 757 g/mol. The van der Waals surface area contributed by atoms with Crippen LogP contribution in [0.4, 0.5) is 0 Å². The molecule has 11 aromatic rings. The Bertz CT molecular complexity index is 3320. The zero-order valence-electron chi connectivity index (χ0n) is 33.5. The van der Waals surface area contributed by atoms with Crippen molar-refractivity contribution in [2.24, 2.45) is 0 Å². The molecule has 0 aliphatic heterocycles. The summed E-state index contributed by atoms with van der Waals surface area (Å²) >= 11 is 0. The normalized spacial score (nSPS) is 11.2. The van der Waals surface area contributed by atoms with Gasteiger partial charge in [-0.2, -0.15) is 0 Å². The first kappa shape index (κ1) is 36.6. The molecule has 2 heterocycles. The topological polar surface area (TPSA) is 77.3 Å². The molecule has 2 aromatic heterocycles. The van der Waals surface area contributed by atoms with Crippen LogP contribution in [-0.2, 0) is 0 Å². The molecule has 6 heteroatoms. The molecule has 0 radical (unpaired) electrons. The fourth-order valence-electron chi connectivity index (χ4n) is 8.12. The predicted octanol–water partition coefficient (Wildman–Crippen LogP) is 13.7. The van der Waals surface area contributed by atoms with E-state index in [-0.39, 0.29) is 0 Å². The Morgan fingerprint density at radius 2 is 0.597 bits per heavy atom. The van der Waals surface area contributed by atoms with Gasteiger partial charge >= 0.3 is 0 Å². The number of fused-ring (bicyclic) bond motifs is 2. The highest BCUT2D eigenvalue weighted by molar-refractivity contribution is 6.04. The van der Waals surface area contributed by atoms with Crippen LogP contribution in [0.25, 0.3) is 112 Å². The summed E-state index contributed by atoms with van der Waals surface area (Å²) in [6, 6.07) is 74.8. The lowest BCUT2D eigenvalue weighted by molar-refractivity contribution is 1.07. The molecular formula is C56H36N6. The van der Waals surface area contributed by atoms with E-state index in [9.17, 15) is 0 Å². The van der Waals surface area contributed by atoms with E-state index >= 15 is 0 Å².